The quantitative estimate of drug-likeness (QED) is 0.644. The number of nitrogens with zero attached hydrogens (tertiary/aromatic N) is 1. The predicted molar refractivity (Wildman–Crippen MR) is 72.3 cm³/mol. The van der Waals surface area contributed by atoms with Crippen molar-refractivity contribution in [2.45, 2.75) is 26.2 Å². The van der Waals surface area contributed by atoms with Crippen LogP contribution < -0.4 is 11.1 Å². The van der Waals surface area contributed by atoms with E-state index in [1.54, 1.807) is 11.8 Å². The van der Waals surface area contributed by atoms with Gasteiger partial charge in [0.2, 0.25) is 0 Å². The molecule has 0 aromatic carbocycles. The Labute approximate surface area is 106 Å². The number of rotatable bonds is 7. The lowest BCUT2D eigenvalue weighted by Gasteiger charge is -2.03. The lowest BCUT2D eigenvalue weighted by molar-refractivity contribution is 0.0949. The van der Waals surface area contributed by atoms with E-state index in [4.69, 9.17) is 5.73 Å². The average Bonchev–Trinajstić information content (AvgIpc) is 2.67. The van der Waals surface area contributed by atoms with Crippen LogP contribution >= 0.6 is 11.8 Å². The van der Waals surface area contributed by atoms with Crippen LogP contribution in [0.5, 0.6) is 0 Å². The van der Waals surface area contributed by atoms with E-state index in [9.17, 15) is 4.79 Å². The van der Waals surface area contributed by atoms with Crippen LogP contribution in [0, 0.1) is 0 Å². The van der Waals surface area contributed by atoms with E-state index in [2.05, 4.69) is 22.4 Å². The zero-order valence-electron chi connectivity index (χ0n) is 10.4. The van der Waals surface area contributed by atoms with Crippen molar-refractivity contribution >= 4 is 23.4 Å². The number of nitrogen functional groups attached to an aromatic ring is 1. The summed E-state index contributed by atoms with van der Waals surface area (Å²) < 4.78 is 0. The first-order valence-corrected chi connectivity index (χ1v) is 7.19. The van der Waals surface area contributed by atoms with E-state index in [1.807, 2.05) is 6.26 Å². The summed E-state index contributed by atoms with van der Waals surface area (Å²) in [5, 5.41) is 9.60. The first-order chi connectivity index (χ1) is 8.20. The molecule has 4 N–H and O–H groups in total. The zero-order valence-corrected chi connectivity index (χ0v) is 11.2. The minimum Gasteiger partial charge on any atom is -0.395 e. The Morgan fingerprint density at radius 2 is 2.35 bits per heavy atom. The molecule has 1 aromatic rings. The summed E-state index contributed by atoms with van der Waals surface area (Å²) in [6.07, 6.45) is 4.80. The van der Waals surface area contributed by atoms with Crippen LogP contribution in [0.15, 0.2) is 0 Å². The maximum atomic E-state index is 11.8. The third-order valence-electron chi connectivity index (χ3n) is 2.41. The van der Waals surface area contributed by atoms with Crippen molar-refractivity contribution in [3.05, 3.63) is 11.4 Å². The number of carbonyl (C=O) groups is 1. The molecule has 1 rings (SSSR count). The summed E-state index contributed by atoms with van der Waals surface area (Å²) in [6.45, 7) is 2.72. The van der Waals surface area contributed by atoms with E-state index >= 15 is 0 Å². The Morgan fingerprint density at radius 3 is 3.00 bits per heavy atom. The number of anilines is 1. The van der Waals surface area contributed by atoms with Crippen LogP contribution in [-0.4, -0.2) is 34.7 Å². The van der Waals surface area contributed by atoms with Crippen molar-refractivity contribution in [3.63, 3.8) is 0 Å². The highest BCUT2D eigenvalue weighted by molar-refractivity contribution is 7.98. The molecule has 17 heavy (non-hydrogen) atoms. The Bertz CT molecular complexity index is 364. The molecule has 5 nitrogen and oxygen atoms in total. The van der Waals surface area contributed by atoms with Gasteiger partial charge in [-0.25, -0.2) is 0 Å². The number of hydrogen-bond acceptors (Lipinski definition) is 4. The lowest BCUT2D eigenvalue weighted by atomic mass is 10.2. The molecule has 96 valence electrons. The molecule has 1 aromatic heterocycles. The first-order valence-electron chi connectivity index (χ1n) is 5.80. The number of H-pyrrole nitrogens is 1. The van der Waals surface area contributed by atoms with Crippen LogP contribution in [0.3, 0.4) is 0 Å². The van der Waals surface area contributed by atoms with Gasteiger partial charge in [-0.3, -0.25) is 9.89 Å². The fourth-order valence-electron chi connectivity index (χ4n) is 1.50. The van der Waals surface area contributed by atoms with Crippen LogP contribution in [-0.2, 0) is 6.42 Å². The largest absolute Gasteiger partial charge is 0.395 e. The molecule has 0 fully saturated rings. The molecule has 0 radical (unpaired) electrons. The van der Waals surface area contributed by atoms with Crippen LogP contribution in [0.25, 0.3) is 0 Å². The Balaban J connectivity index is 2.51. The third kappa shape index (κ3) is 3.96. The van der Waals surface area contributed by atoms with Crippen LogP contribution in [0.1, 0.15) is 35.9 Å². The molecule has 0 saturated heterocycles. The third-order valence-corrected chi connectivity index (χ3v) is 3.11. The highest BCUT2D eigenvalue weighted by atomic mass is 32.2. The smallest absolute Gasteiger partial charge is 0.273 e. The molecule has 0 atom stereocenters. The summed E-state index contributed by atoms with van der Waals surface area (Å²) in [7, 11) is 0. The van der Waals surface area contributed by atoms with Gasteiger partial charge in [0.15, 0.2) is 5.69 Å². The Morgan fingerprint density at radius 1 is 1.59 bits per heavy atom. The highest BCUT2D eigenvalue weighted by Crippen LogP contribution is 2.15. The van der Waals surface area contributed by atoms with Crippen LogP contribution in [0.2, 0.25) is 0 Å². The van der Waals surface area contributed by atoms with Gasteiger partial charge in [0.05, 0.1) is 11.4 Å². The zero-order chi connectivity index (χ0) is 12.7. The van der Waals surface area contributed by atoms with Crippen molar-refractivity contribution in [1.82, 2.24) is 15.5 Å². The van der Waals surface area contributed by atoms with E-state index in [0.717, 1.165) is 30.7 Å². The second-order valence-corrected chi connectivity index (χ2v) is 4.80. The first kappa shape index (κ1) is 13.9. The Kier molecular flexibility index (Phi) is 5.90. The molecule has 1 heterocycles. The molecule has 0 saturated carbocycles. The number of hydrogen-bond donors (Lipinski definition) is 3. The molecule has 0 bridgehead atoms. The van der Waals surface area contributed by atoms with E-state index < -0.39 is 0 Å². The minimum absolute atomic E-state index is 0.192. The van der Waals surface area contributed by atoms with Crippen LogP contribution in [0.4, 0.5) is 5.69 Å². The number of aromatic amines is 1. The van der Waals surface area contributed by atoms with Gasteiger partial charge in [-0.1, -0.05) is 13.3 Å². The summed E-state index contributed by atoms with van der Waals surface area (Å²) in [5.41, 5.74) is 7.51. The van der Waals surface area contributed by atoms with Crippen molar-refractivity contribution in [3.8, 4) is 0 Å². The van der Waals surface area contributed by atoms with Gasteiger partial charge in [-0.15, -0.1) is 0 Å². The molecule has 0 unspecified atom stereocenters. The van der Waals surface area contributed by atoms with Gasteiger partial charge in [0, 0.05) is 6.54 Å². The normalized spacial score (nSPS) is 10.5. The van der Waals surface area contributed by atoms with Crippen molar-refractivity contribution in [2.75, 3.05) is 24.3 Å². The summed E-state index contributed by atoms with van der Waals surface area (Å²) in [5.74, 6) is 0.847. The molecular formula is C11H20N4OS. The molecule has 0 aliphatic rings. The number of nitrogens with one attached hydrogen (secondary N) is 2. The van der Waals surface area contributed by atoms with Crippen molar-refractivity contribution in [2.24, 2.45) is 0 Å². The summed E-state index contributed by atoms with van der Waals surface area (Å²) >= 11 is 1.77. The SMILES string of the molecule is CCCc1[nH]nc(C(=O)NCCCSC)c1N. The highest BCUT2D eigenvalue weighted by Gasteiger charge is 2.15. The molecule has 0 aliphatic carbocycles. The molecule has 1 amide bonds. The number of aromatic nitrogens is 2. The molecular weight excluding hydrogens is 236 g/mol. The second kappa shape index (κ2) is 7.21. The number of amides is 1. The van der Waals surface area contributed by atoms with Crippen molar-refractivity contribution < 1.29 is 4.79 Å². The number of nitrogens with two attached hydrogens (primary N) is 1. The van der Waals surface area contributed by atoms with E-state index in [0.29, 0.717) is 17.9 Å². The fourth-order valence-corrected chi connectivity index (χ4v) is 1.94. The number of thioether (sulfide) groups is 1. The maximum Gasteiger partial charge on any atom is 0.273 e. The predicted octanol–water partition coefficient (Wildman–Crippen LogP) is 1.43. The average molecular weight is 256 g/mol. The summed E-state index contributed by atoms with van der Waals surface area (Å²) in [6, 6.07) is 0. The van der Waals surface area contributed by atoms with Gasteiger partial charge in [-0.05, 0) is 24.9 Å². The monoisotopic (exact) mass is 256 g/mol. The Hall–Kier alpha value is -1.17. The summed E-state index contributed by atoms with van der Waals surface area (Å²) in [4.78, 5) is 11.8. The molecule has 0 aliphatic heterocycles. The topological polar surface area (TPSA) is 83.8 Å². The second-order valence-electron chi connectivity index (χ2n) is 3.82. The lowest BCUT2D eigenvalue weighted by Crippen LogP contribution is -2.26. The van der Waals surface area contributed by atoms with Gasteiger partial charge in [0.1, 0.15) is 0 Å². The maximum absolute atomic E-state index is 11.8. The van der Waals surface area contributed by atoms with Crippen molar-refractivity contribution in [1.29, 1.82) is 0 Å². The van der Waals surface area contributed by atoms with Gasteiger partial charge in [0.25, 0.3) is 5.91 Å². The number of carbonyl (C=O) groups excluding carboxylic acids is 1. The molecule has 6 heteroatoms. The van der Waals surface area contributed by atoms with Gasteiger partial charge < -0.3 is 11.1 Å². The molecule has 0 spiro atoms. The van der Waals surface area contributed by atoms with Gasteiger partial charge in [-0.2, -0.15) is 16.9 Å². The van der Waals surface area contributed by atoms with Gasteiger partial charge >= 0.3 is 0 Å². The standard InChI is InChI=1S/C11H20N4OS/c1-3-5-8-9(12)10(15-14-8)11(16)13-6-4-7-17-2/h3-7,12H2,1-2H3,(H,13,16)(H,14,15). The fraction of sp³-hybridized carbons (Fsp3) is 0.636. The van der Waals surface area contributed by atoms with E-state index in [-0.39, 0.29) is 5.91 Å². The van der Waals surface area contributed by atoms with E-state index in [1.165, 1.54) is 0 Å². The minimum atomic E-state index is -0.192. The number of aryl methyl sites for hydroxylation is 1.